The predicted octanol–water partition coefficient (Wildman–Crippen LogP) is 3.78. The first-order valence-corrected chi connectivity index (χ1v) is 9.35. The van der Waals surface area contributed by atoms with E-state index in [1.165, 1.54) is 5.56 Å². The number of rotatable bonds is 6. The fraction of sp³-hybridized carbons (Fsp3) is 0.316. The fourth-order valence-electron chi connectivity index (χ4n) is 2.76. The SMILES string of the molecule is CCOC(=O)c1sc(NC(=O)Cn2ccc3cc(CC)ccc32)nc1C. The molecule has 0 aliphatic carbocycles. The lowest BCUT2D eigenvalue weighted by Gasteiger charge is -2.06. The highest BCUT2D eigenvalue weighted by atomic mass is 32.1. The van der Waals surface area contributed by atoms with E-state index in [2.05, 4.69) is 29.4 Å². The maximum absolute atomic E-state index is 12.4. The Morgan fingerprint density at radius 2 is 2.08 bits per heavy atom. The summed E-state index contributed by atoms with van der Waals surface area (Å²) in [5, 5.41) is 4.29. The molecule has 0 atom stereocenters. The van der Waals surface area contributed by atoms with Crippen LogP contribution in [0.5, 0.6) is 0 Å². The van der Waals surface area contributed by atoms with Crippen LogP contribution in [-0.2, 0) is 22.5 Å². The summed E-state index contributed by atoms with van der Waals surface area (Å²) in [7, 11) is 0. The number of benzene rings is 1. The van der Waals surface area contributed by atoms with Crippen molar-refractivity contribution < 1.29 is 14.3 Å². The molecule has 26 heavy (non-hydrogen) atoms. The lowest BCUT2D eigenvalue weighted by molar-refractivity contribution is -0.116. The molecule has 3 rings (SSSR count). The van der Waals surface area contributed by atoms with E-state index in [0.717, 1.165) is 28.7 Å². The van der Waals surface area contributed by atoms with Crippen LogP contribution in [0.3, 0.4) is 0 Å². The second-order valence-electron chi connectivity index (χ2n) is 5.89. The number of carbonyl (C=O) groups is 2. The molecular weight excluding hydrogens is 350 g/mol. The average Bonchev–Trinajstić information content (AvgIpc) is 3.18. The summed E-state index contributed by atoms with van der Waals surface area (Å²) in [6.45, 7) is 6.08. The molecule has 1 amide bonds. The quantitative estimate of drug-likeness (QED) is 0.669. The van der Waals surface area contributed by atoms with Gasteiger partial charge in [0.2, 0.25) is 5.91 Å². The number of fused-ring (bicyclic) bond motifs is 1. The molecule has 2 aromatic heterocycles. The van der Waals surface area contributed by atoms with E-state index in [-0.39, 0.29) is 12.5 Å². The van der Waals surface area contributed by atoms with Crippen LogP contribution in [-0.4, -0.2) is 28.0 Å². The van der Waals surface area contributed by atoms with Crippen LogP contribution in [0.15, 0.2) is 30.5 Å². The Bertz CT molecular complexity index is 958. The number of carbonyl (C=O) groups excluding carboxylic acids is 2. The van der Waals surface area contributed by atoms with Gasteiger partial charge in [-0.15, -0.1) is 0 Å². The highest BCUT2D eigenvalue weighted by Crippen LogP contribution is 2.24. The summed E-state index contributed by atoms with van der Waals surface area (Å²) in [5.41, 5.74) is 2.84. The first-order chi connectivity index (χ1) is 12.5. The van der Waals surface area contributed by atoms with Crippen LogP contribution in [0.1, 0.15) is 34.8 Å². The minimum absolute atomic E-state index is 0.183. The zero-order valence-corrected chi connectivity index (χ0v) is 15.9. The normalized spacial score (nSPS) is 10.9. The summed E-state index contributed by atoms with van der Waals surface area (Å²) >= 11 is 1.13. The number of anilines is 1. The van der Waals surface area contributed by atoms with Crippen molar-refractivity contribution in [3.8, 4) is 0 Å². The van der Waals surface area contributed by atoms with Crippen molar-refractivity contribution >= 4 is 39.2 Å². The maximum Gasteiger partial charge on any atom is 0.350 e. The van der Waals surface area contributed by atoms with Gasteiger partial charge < -0.3 is 14.6 Å². The maximum atomic E-state index is 12.4. The molecule has 136 valence electrons. The van der Waals surface area contributed by atoms with Crippen molar-refractivity contribution in [2.75, 3.05) is 11.9 Å². The van der Waals surface area contributed by atoms with Gasteiger partial charge in [-0.1, -0.05) is 24.3 Å². The summed E-state index contributed by atoms with van der Waals surface area (Å²) in [5.74, 6) is -0.600. The molecular formula is C19H21N3O3S. The second kappa shape index (κ2) is 7.70. The Labute approximate surface area is 155 Å². The topological polar surface area (TPSA) is 73.2 Å². The number of amides is 1. The Kier molecular flexibility index (Phi) is 5.37. The molecule has 6 nitrogen and oxygen atoms in total. The van der Waals surface area contributed by atoms with E-state index < -0.39 is 5.97 Å². The number of ether oxygens (including phenoxy) is 1. The third-order valence-electron chi connectivity index (χ3n) is 4.06. The minimum Gasteiger partial charge on any atom is -0.462 e. The van der Waals surface area contributed by atoms with Gasteiger partial charge in [-0.2, -0.15) is 0 Å². The number of hydrogen-bond acceptors (Lipinski definition) is 5. The highest BCUT2D eigenvalue weighted by molar-refractivity contribution is 7.17. The van der Waals surface area contributed by atoms with Gasteiger partial charge in [-0.05, 0) is 49.4 Å². The zero-order chi connectivity index (χ0) is 18.7. The second-order valence-corrected chi connectivity index (χ2v) is 6.89. The molecule has 2 heterocycles. The molecule has 0 saturated heterocycles. The van der Waals surface area contributed by atoms with Gasteiger partial charge in [0.05, 0.1) is 12.3 Å². The number of nitrogens with zero attached hydrogens (tertiary/aromatic N) is 2. The molecule has 0 radical (unpaired) electrons. The van der Waals surface area contributed by atoms with Crippen molar-refractivity contribution in [2.24, 2.45) is 0 Å². The van der Waals surface area contributed by atoms with Crippen LogP contribution in [0.2, 0.25) is 0 Å². The molecule has 0 fully saturated rings. The number of aryl methyl sites for hydroxylation is 2. The Morgan fingerprint density at radius 1 is 1.27 bits per heavy atom. The van der Waals surface area contributed by atoms with Crippen molar-refractivity contribution in [1.29, 1.82) is 0 Å². The molecule has 3 aromatic rings. The smallest absolute Gasteiger partial charge is 0.350 e. The number of esters is 1. The number of aromatic nitrogens is 2. The van der Waals surface area contributed by atoms with Gasteiger partial charge in [-0.25, -0.2) is 9.78 Å². The van der Waals surface area contributed by atoms with Crippen LogP contribution >= 0.6 is 11.3 Å². The molecule has 1 aromatic carbocycles. The summed E-state index contributed by atoms with van der Waals surface area (Å²) < 4.78 is 6.89. The molecule has 0 unspecified atom stereocenters. The first-order valence-electron chi connectivity index (χ1n) is 8.54. The monoisotopic (exact) mass is 371 g/mol. The largest absolute Gasteiger partial charge is 0.462 e. The van der Waals surface area contributed by atoms with Crippen LogP contribution in [0.25, 0.3) is 10.9 Å². The highest BCUT2D eigenvalue weighted by Gasteiger charge is 2.17. The molecule has 7 heteroatoms. The molecule has 0 spiro atoms. The molecule has 0 aliphatic heterocycles. The molecule has 0 saturated carbocycles. The lowest BCUT2D eigenvalue weighted by Crippen LogP contribution is -2.18. The summed E-state index contributed by atoms with van der Waals surface area (Å²) in [4.78, 5) is 28.9. The molecule has 0 aliphatic rings. The van der Waals surface area contributed by atoms with Crippen LogP contribution in [0.4, 0.5) is 5.13 Å². The molecule has 1 N–H and O–H groups in total. The van der Waals surface area contributed by atoms with Crippen LogP contribution in [0, 0.1) is 6.92 Å². The van der Waals surface area contributed by atoms with Crippen LogP contribution < -0.4 is 5.32 Å². The zero-order valence-electron chi connectivity index (χ0n) is 15.0. The van der Waals surface area contributed by atoms with Gasteiger partial charge in [-0.3, -0.25) is 4.79 Å². The van der Waals surface area contributed by atoms with E-state index in [9.17, 15) is 9.59 Å². The fourth-order valence-corrected chi connectivity index (χ4v) is 3.63. The first kappa shape index (κ1) is 18.1. The predicted molar refractivity (Wildman–Crippen MR) is 103 cm³/mol. The van der Waals surface area contributed by atoms with E-state index in [1.54, 1.807) is 13.8 Å². The minimum atomic E-state index is -0.411. The third kappa shape index (κ3) is 3.77. The van der Waals surface area contributed by atoms with E-state index >= 15 is 0 Å². The van der Waals surface area contributed by atoms with E-state index in [4.69, 9.17) is 4.74 Å². The lowest BCUT2D eigenvalue weighted by atomic mass is 10.1. The van der Waals surface area contributed by atoms with Gasteiger partial charge in [0.1, 0.15) is 11.4 Å². The standard InChI is InChI=1S/C19H21N3O3S/c1-4-13-6-7-15-14(10-13)8-9-22(15)11-16(23)21-19-20-12(3)17(26-19)18(24)25-5-2/h6-10H,4-5,11H2,1-3H3,(H,20,21,23). The van der Waals surface area contributed by atoms with Crippen molar-refractivity contribution in [1.82, 2.24) is 9.55 Å². The summed E-state index contributed by atoms with van der Waals surface area (Å²) in [6, 6.07) is 8.26. The molecule has 0 bridgehead atoms. The van der Waals surface area contributed by atoms with Crippen molar-refractivity contribution in [3.63, 3.8) is 0 Å². The van der Waals surface area contributed by atoms with Crippen molar-refractivity contribution in [2.45, 2.75) is 33.7 Å². The Balaban J connectivity index is 1.71. The van der Waals surface area contributed by atoms with Gasteiger partial charge in [0.15, 0.2) is 5.13 Å². The summed E-state index contributed by atoms with van der Waals surface area (Å²) in [6.07, 6.45) is 2.88. The third-order valence-corrected chi connectivity index (χ3v) is 5.11. The average molecular weight is 371 g/mol. The van der Waals surface area contributed by atoms with E-state index in [0.29, 0.717) is 22.3 Å². The van der Waals surface area contributed by atoms with Crippen molar-refractivity contribution in [3.05, 3.63) is 46.6 Å². The van der Waals surface area contributed by atoms with Gasteiger partial charge in [0.25, 0.3) is 0 Å². The van der Waals surface area contributed by atoms with E-state index in [1.807, 2.05) is 22.9 Å². The van der Waals surface area contributed by atoms with Gasteiger partial charge in [0, 0.05) is 11.7 Å². The number of thiazole rings is 1. The Hall–Kier alpha value is -2.67. The van der Waals surface area contributed by atoms with Gasteiger partial charge >= 0.3 is 5.97 Å². The Morgan fingerprint density at radius 3 is 2.81 bits per heavy atom. The number of nitrogens with one attached hydrogen (secondary N) is 1. The number of hydrogen-bond donors (Lipinski definition) is 1.